The van der Waals surface area contributed by atoms with Crippen LogP contribution in [0.25, 0.3) is 108 Å². The van der Waals surface area contributed by atoms with Crippen LogP contribution in [0.4, 0.5) is 0 Å². The van der Waals surface area contributed by atoms with Crippen LogP contribution in [0.5, 0.6) is 0 Å². The van der Waals surface area contributed by atoms with Gasteiger partial charge in [-0.05, 0) is 75.1 Å². The van der Waals surface area contributed by atoms with Gasteiger partial charge in [0, 0.05) is 33.4 Å². The molecule has 5 heteroatoms. The van der Waals surface area contributed by atoms with Crippen LogP contribution in [-0.4, -0.2) is 15.0 Å². The first-order valence-electron chi connectivity index (χ1n) is 18.7. The maximum absolute atomic E-state index is 5.81. The van der Waals surface area contributed by atoms with E-state index in [1.54, 1.807) is 22.7 Å². The third-order valence-corrected chi connectivity index (χ3v) is 12.7. The lowest BCUT2D eigenvalue weighted by Crippen LogP contribution is -1.98. The fraction of sp³-hybridized carbons (Fsp3) is 0. The molecule has 0 spiro atoms. The first-order valence-corrected chi connectivity index (χ1v) is 20.3. The Labute approximate surface area is 331 Å². The van der Waals surface area contributed by atoms with E-state index in [1.807, 2.05) is 0 Å². The fourth-order valence-corrected chi connectivity index (χ4v) is 9.78. The summed E-state index contributed by atoms with van der Waals surface area (Å²) in [5.74, 6) is 0. The van der Waals surface area contributed by atoms with Gasteiger partial charge in [0.25, 0.3) is 0 Å². The van der Waals surface area contributed by atoms with Crippen molar-refractivity contribution in [2.75, 3.05) is 0 Å². The molecular weight excluding hydrogens is 719 g/mol. The smallest absolute Gasteiger partial charge is 0.124 e. The maximum Gasteiger partial charge on any atom is 0.124 e. The van der Waals surface area contributed by atoms with Crippen molar-refractivity contribution in [3.63, 3.8) is 0 Å². The molecule has 0 N–H and O–H groups in total. The number of hydrogen-bond acceptors (Lipinski definition) is 5. The van der Waals surface area contributed by atoms with Crippen molar-refractivity contribution in [3.05, 3.63) is 188 Å². The minimum Gasteiger partial charge on any atom is -0.246 e. The zero-order chi connectivity index (χ0) is 37.0. The summed E-state index contributed by atoms with van der Waals surface area (Å²) in [7, 11) is 0. The standard InChI is InChI=1S/C51H31N3S2/c1-3-21-38-32(13-1)15-11-23-40(38)48-42(34-17-9-19-36(29-34)50-52-44-25-5-7-27-46(44)55-50)31-43(49(54-48)41-24-12-16-33-14-2-4-22-39(33)41)35-18-10-20-37(30-35)51-53-45-26-6-8-28-47(45)56-51/h1-31H. The highest BCUT2D eigenvalue weighted by Gasteiger charge is 2.21. The highest BCUT2D eigenvalue weighted by molar-refractivity contribution is 7.22. The van der Waals surface area contributed by atoms with Crippen LogP contribution in [-0.2, 0) is 0 Å². The summed E-state index contributed by atoms with van der Waals surface area (Å²) in [6.07, 6.45) is 0. The van der Waals surface area contributed by atoms with E-state index in [-0.39, 0.29) is 0 Å². The zero-order valence-corrected chi connectivity index (χ0v) is 31.7. The molecule has 0 atom stereocenters. The molecule has 56 heavy (non-hydrogen) atoms. The van der Waals surface area contributed by atoms with Crippen LogP contribution >= 0.6 is 22.7 Å². The number of aromatic nitrogens is 3. The molecule has 0 amide bonds. The van der Waals surface area contributed by atoms with Crippen LogP contribution in [0.3, 0.4) is 0 Å². The molecule has 3 nitrogen and oxygen atoms in total. The van der Waals surface area contributed by atoms with E-state index in [4.69, 9.17) is 15.0 Å². The van der Waals surface area contributed by atoms with Crippen LogP contribution in [0.15, 0.2) is 188 Å². The molecule has 0 unspecified atom stereocenters. The monoisotopic (exact) mass is 749 g/mol. The van der Waals surface area contributed by atoms with E-state index in [9.17, 15) is 0 Å². The molecule has 262 valence electrons. The zero-order valence-electron chi connectivity index (χ0n) is 30.1. The average molecular weight is 750 g/mol. The second kappa shape index (κ2) is 13.5. The van der Waals surface area contributed by atoms with E-state index < -0.39 is 0 Å². The Balaban J connectivity index is 1.20. The second-order valence-electron chi connectivity index (χ2n) is 14.0. The van der Waals surface area contributed by atoms with Gasteiger partial charge in [-0.25, -0.2) is 15.0 Å². The summed E-state index contributed by atoms with van der Waals surface area (Å²) in [4.78, 5) is 15.9. The van der Waals surface area contributed by atoms with Gasteiger partial charge in [-0.3, -0.25) is 0 Å². The molecule has 0 aliphatic carbocycles. The quantitative estimate of drug-likeness (QED) is 0.170. The van der Waals surface area contributed by atoms with E-state index >= 15 is 0 Å². The third-order valence-electron chi connectivity index (χ3n) is 10.5. The Morgan fingerprint density at radius 3 is 1.21 bits per heavy atom. The highest BCUT2D eigenvalue weighted by Crippen LogP contribution is 2.45. The Kier molecular flexibility index (Phi) is 7.87. The maximum atomic E-state index is 5.81. The summed E-state index contributed by atoms with van der Waals surface area (Å²) >= 11 is 3.45. The van der Waals surface area contributed by atoms with Gasteiger partial charge in [0.1, 0.15) is 10.0 Å². The predicted molar refractivity (Wildman–Crippen MR) is 238 cm³/mol. The summed E-state index contributed by atoms with van der Waals surface area (Å²) in [6.45, 7) is 0. The summed E-state index contributed by atoms with van der Waals surface area (Å²) in [6, 6.07) is 67.0. The van der Waals surface area contributed by atoms with Gasteiger partial charge in [-0.15, -0.1) is 22.7 Å². The van der Waals surface area contributed by atoms with Gasteiger partial charge in [0.05, 0.1) is 31.8 Å². The molecule has 0 saturated carbocycles. The normalized spacial score (nSPS) is 11.6. The van der Waals surface area contributed by atoms with Crippen molar-refractivity contribution in [1.29, 1.82) is 0 Å². The summed E-state index contributed by atoms with van der Waals surface area (Å²) in [5, 5.41) is 6.70. The lowest BCUT2D eigenvalue weighted by atomic mass is 9.89. The van der Waals surface area contributed by atoms with Gasteiger partial charge >= 0.3 is 0 Å². The van der Waals surface area contributed by atoms with E-state index in [2.05, 4.69) is 188 Å². The molecule has 11 aromatic rings. The largest absolute Gasteiger partial charge is 0.246 e. The Bertz CT molecular complexity index is 2990. The van der Waals surface area contributed by atoms with Crippen molar-refractivity contribution in [1.82, 2.24) is 15.0 Å². The average Bonchev–Trinajstić information content (AvgIpc) is 3.91. The number of benzene rings is 8. The summed E-state index contributed by atoms with van der Waals surface area (Å²) < 4.78 is 2.36. The molecule has 8 aromatic carbocycles. The van der Waals surface area contributed by atoms with Gasteiger partial charge < -0.3 is 0 Å². The SMILES string of the molecule is c1cc(-c2nc3ccccc3s2)cc(-c2cc(-c3cccc(-c4nc5ccccc5s4)c3)c(-c3cccc4ccccc34)nc2-c2cccc3ccccc23)c1. The first kappa shape index (κ1) is 32.6. The fourth-order valence-electron chi connectivity index (χ4n) is 7.86. The van der Waals surface area contributed by atoms with Gasteiger partial charge in [-0.1, -0.05) is 146 Å². The number of pyridine rings is 1. The van der Waals surface area contributed by atoms with Crippen molar-refractivity contribution in [2.24, 2.45) is 0 Å². The molecule has 0 aliphatic rings. The number of hydrogen-bond donors (Lipinski definition) is 0. The number of thiazole rings is 2. The molecule has 3 aromatic heterocycles. The van der Waals surface area contributed by atoms with E-state index in [1.165, 1.54) is 30.9 Å². The molecule has 11 rings (SSSR count). The lowest BCUT2D eigenvalue weighted by Gasteiger charge is -2.19. The minimum absolute atomic E-state index is 0.942. The van der Waals surface area contributed by atoms with Crippen molar-refractivity contribution in [2.45, 2.75) is 0 Å². The Morgan fingerprint density at radius 2 is 0.714 bits per heavy atom. The van der Waals surface area contributed by atoms with Gasteiger partial charge in [0.2, 0.25) is 0 Å². The number of nitrogens with zero attached hydrogens (tertiary/aromatic N) is 3. The highest BCUT2D eigenvalue weighted by atomic mass is 32.1. The summed E-state index contributed by atoms with van der Waals surface area (Å²) in [5.41, 5.74) is 12.6. The molecule has 0 bridgehead atoms. The van der Waals surface area contributed by atoms with Crippen LogP contribution < -0.4 is 0 Å². The number of fused-ring (bicyclic) bond motifs is 4. The van der Waals surface area contributed by atoms with Crippen molar-refractivity contribution >= 4 is 64.7 Å². The van der Waals surface area contributed by atoms with Crippen molar-refractivity contribution in [3.8, 4) is 65.9 Å². The molecule has 0 aliphatic heterocycles. The molecule has 0 saturated heterocycles. The number of para-hydroxylation sites is 2. The van der Waals surface area contributed by atoms with Crippen LogP contribution in [0, 0.1) is 0 Å². The van der Waals surface area contributed by atoms with Crippen molar-refractivity contribution < 1.29 is 0 Å². The number of rotatable bonds is 6. The van der Waals surface area contributed by atoms with E-state index in [0.29, 0.717) is 0 Å². The Morgan fingerprint density at radius 1 is 0.304 bits per heavy atom. The van der Waals surface area contributed by atoms with Gasteiger partial charge in [-0.2, -0.15) is 0 Å². The molecule has 0 radical (unpaired) electrons. The first-order chi connectivity index (χ1) is 27.7. The van der Waals surface area contributed by atoms with Crippen LogP contribution in [0.1, 0.15) is 0 Å². The molecule has 3 heterocycles. The predicted octanol–water partition coefficient (Wildman–Crippen LogP) is 14.6. The Hall–Kier alpha value is -6.79. The van der Waals surface area contributed by atoms with Gasteiger partial charge in [0.15, 0.2) is 0 Å². The molecular formula is C51H31N3S2. The lowest BCUT2D eigenvalue weighted by molar-refractivity contribution is 1.33. The van der Waals surface area contributed by atoms with E-state index in [0.717, 1.165) is 76.9 Å². The minimum atomic E-state index is 0.942. The molecule has 0 fully saturated rings. The second-order valence-corrected chi connectivity index (χ2v) is 16.0. The third kappa shape index (κ3) is 5.68. The topological polar surface area (TPSA) is 38.7 Å². The van der Waals surface area contributed by atoms with Crippen LogP contribution in [0.2, 0.25) is 0 Å².